The van der Waals surface area contributed by atoms with Gasteiger partial charge in [-0.2, -0.15) is 18.3 Å². The predicted molar refractivity (Wildman–Crippen MR) is 84.3 cm³/mol. The highest BCUT2D eigenvalue weighted by atomic mass is 79.9. The molecule has 0 atom stereocenters. The third-order valence-corrected chi connectivity index (χ3v) is 5.40. The average molecular weight is 396 g/mol. The van der Waals surface area contributed by atoms with Crippen LogP contribution in [0.4, 0.5) is 13.2 Å². The van der Waals surface area contributed by atoms with Crippen LogP contribution in [0.3, 0.4) is 0 Å². The zero-order chi connectivity index (χ0) is 16.5. The quantitative estimate of drug-likeness (QED) is 0.551. The van der Waals surface area contributed by atoms with Gasteiger partial charge in [0.1, 0.15) is 6.73 Å². The summed E-state index contributed by atoms with van der Waals surface area (Å²) in [5.41, 5.74) is -0.625. The molecule has 122 valence electrons. The Hall–Kier alpha value is -0.933. The molecule has 4 nitrogen and oxygen atoms in total. The summed E-state index contributed by atoms with van der Waals surface area (Å²) in [5.74, 6) is 0. The first-order chi connectivity index (χ1) is 10.1. The molecule has 0 bridgehead atoms. The SMILES string of the molecule is C[Si](C)(C)CCOCn1nc(C(F)(F)F)c2c(Br)cncc21. The van der Waals surface area contributed by atoms with Crippen molar-refractivity contribution < 1.29 is 17.9 Å². The topological polar surface area (TPSA) is 39.9 Å². The van der Waals surface area contributed by atoms with Crippen molar-refractivity contribution in [3.8, 4) is 0 Å². The van der Waals surface area contributed by atoms with Gasteiger partial charge in [0.25, 0.3) is 0 Å². The summed E-state index contributed by atoms with van der Waals surface area (Å²) in [6.45, 7) is 7.13. The maximum Gasteiger partial charge on any atom is 0.435 e. The molecule has 2 heterocycles. The van der Waals surface area contributed by atoms with Crippen LogP contribution in [-0.2, 0) is 17.6 Å². The maximum atomic E-state index is 13.1. The van der Waals surface area contributed by atoms with Crippen molar-refractivity contribution in [2.24, 2.45) is 0 Å². The Kier molecular flexibility index (Phi) is 4.98. The molecule has 9 heteroatoms. The molecular formula is C13H17BrF3N3OSi. The van der Waals surface area contributed by atoms with Crippen molar-refractivity contribution in [1.82, 2.24) is 14.8 Å². The first-order valence-corrected chi connectivity index (χ1v) is 11.2. The molecule has 2 rings (SSSR count). The third-order valence-electron chi connectivity index (χ3n) is 3.09. The van der Waals surface area contributed by atoms with Crippen molar-refractivity contribution in [3.05, 3.63) is 22.6 Å². The third kappa shape index (κ3) is 4.08. The molecule has 0 fully saturated rings. The lowest BCUT2D eigenvalue weighted by atomic mass is 10.2. The molecule has 0 saturated heterocycles. The normalized spacial score (nSPS) is 13.0. The summed E-state index contributed by atoms with van der Waals surface area (Å²) >= 11 is 3.11. The first kappa shape index (κ1) is 17.4. The van der Waals surface area contributed by atoms with Crippen molar-refractivity contribution in [1.29, 1.82) is 0 Å². The van der Waals surface area contributed by atoms with Gasteiger partial charge in [-0.1, -0.05) is 19.6 Å². The van der Waals surface area contributed by atoms with E-state index in [0.717, 1.165) is 6.04 Å². The molecule has 0 N–H and O–H groups in total. The summed E-state index contributed by atoms with van der Waals surface area (Å²) in [4.78, 5) is 3.91. The fraction of sp³-hybridized carbons (Fsp3) is 0.538. The highest BCUT2D eigenvalue weighted by Crippen LogP contribution is 2.37. The Balaban J connectivity index is 2.26. The van der Waals surface area contributed by atoms with Gasteiger partial charge in [-0.25, -0.2) is 4.68 Å². The van der Waals surface area contributed by atoms with E-state index in [1.54, 1.807) is 0 Å². The highest BCUT2D eigenvalue weighted by molar-refractivity contribution is 9.10. The Labute approximate surface area is 135 Å². The summed E-state index contributed by atoms with van der Waals surface area (Å²) in [5, 5.41) is 3.67. The van der Waals surface area contributed by atoms with Crippen LogP contribution in [0.15, 0.2) is 16.9 Å². The molecule has 0 aliphatic rings. The number of hydrogen-bond donors (Lipinski definition) is 0. The lowest BCUT2D eigenvalue weighted by molar-refractivity contribution is -0.140. The molecule has 0 unspecified atom stereocenters. The van der Waals surface area contributed by atoms with Crippen LogP contribution < -0.4 is 0 Å². The standard InChI is InChI=1S/C13H17BrF3N3OSi/c1-22(2,3)5-4-21-8-20-10-7-18-6-9(14)11(10)12(19-20)13(15,16)17/h6-7H,4-5,8H2,1-3H3. The monoisotopic (exact) mass is 395 g/mol. The lowest BCUT2D eigenvalue weighted by Gasteiger charge is -2.15. The van der Waals surface area contributed by atoms with Crippen LogP contribution >= 0.6 is 15.9 Å². The first-order valence-electron chi connectivity index (χ1n) is 6.74. The van der Waals surface area contributed by atoms with E-state index >= 15 is 0 Å². The summed E-state index contributed by atoms with van der Waals surface area (Å²) in [6.07, 6.45) is -1.83. The van der Waals surface area contributed by atoms with Gasteiger partial charge in [0.2, 0.25) is 0 Å². The Morgan fingerprint density at radius 2 is 1.95 bits per heavy atom. The Morgan fingerprint density at radius 1 is 1.27 bits per heavy atom. The summed E-state index contributed by atoms with van der Waals surface area (Å²) in [6, 6.07) is 0.945. The second kappa shape index (κ2) is 6.29. The number of fused-ring (bicyclic) bond motifs is 1. The summed E-state index contributed by atoms with van der Waals surface area (Å²) < 4.78 is 46.3. The molecule has 0 saturated carbocycles. The van der Waals surface area contributed by atoms with Crippen LogP contribution in [0.1, 0.15) is 5.69 Å². The van der Waals surface area contributed by atoms with Gasteiger partial charge in [-0.05, 0) is 22.0 Å². The van der Waals surface area contributed by atoms with E-state index in [1.807, 2.05) is 0 Å². The number of alkyl halides is 3. The molecular weight excluding hydrogens is 379 g/mol. The van der Waals surface area contributed by atoms with Crippen LogP contribution in [0.5, 0.6) is 0 Å². The van der Waals surface area contributed by atoms with Crippen molar-refractivity contribution in [3.63, 3.8) is 0 Å². The number of hydrogen-bond acceptors (Lipinski definition) is 3. The van der Waals surface area contributed by atoms with Crippen molar-refractivity contribution in [2.75, 3.05) is 6.61 Å². The molecule has 0 amide bonds. The van der Waals surface area contributed by atoms with Gasteiger partial charge < -0.3 is 4.74 Å². The lowest BCUT2D eigenvalue weighted by Crippen LogP contribution is -2.22. The van der Waals surface area contributed by atoms with E-state index in [0.29, 0.717) is 12.1 Å². The second-order valence-electron chi connectivity index (χ2n) is 6.21. The molecule has 0 radical (unpaired) electrons. The van der Waals surface area contributed by atoms with Crippen LogP contribution in [0.25, 0.3) is 10.9 Å². The minimum absolute atomic E-state index is 0.0105. The van der Waals surface area contributed by atoms with Gasteiger partial charge in [0.05, 0.1) is 11.7 Å². The van der Waals surface area contributed by atoms with Gasteiger partial charge in [-0.15, -0.1) is 0 Å². The van der Waals surface area contributed by atoms with E-state index in [2.05, 4.69) is 45.7 Å². The van der Waals surface area contributed by atoms with E-state index < -0.39 is 19.9 Å². The van der Waals surface area contributed by atoms with Crippen LogP contribution in [-0.4, -0.2) is 29.4 Å². The molecule has 0 aromatic carbocycles. The van der Waals surface area contributed by atoms with E-state index in [-0.39, 0.29) is 16.6 Å². The minimum atomic E-state index is -4.52. The number of rotatable bonds is 5. The van der Waals surface area contributed by atoms with Crippen molar-refractivity contribution in [2.45, 2.75) is 38.6 Å². The zero-order valence-corrected chi connectivity index (χ0v) is 15.1. The van der Waals surface area contributed by atoms with Crippen molar-refractivity contribution >= 4 is 34.9 Å². The Morgan fingerprint density at radius 3 is 2.55 bits per heavy atom. The number of pyridine rings is 1. The maximum absolute atomic E-state index is 13.1. The van der Waals surface area contributed by atoms with Gasteiger partial charge in [0, 0.05) is 30.7 Å². The van der Waals surface area contributed by atoms with E-state index in [1.165, 1.54) is 17.1 Å². The number of nitrogens with zero attached hydrogens (tertiary/aromatic N) is 3. The molecule has 22 heavy (non-hydrogen) atoms. The Bertz CT molecular complexity index is 667. The molecule has 2 aromatic heterocycles. The predicted octanol–water partition coefficient (Wildman–Crippen LogP) is 4.52. The minimum Gasteiger partial charge on any atom is -0.360 e. The van der Waals surface area contributed by atoms with E-state index in [4.69, 9.17) is 4.74 Å². The molecule has 0 aliphatic carbocycles. The number of aromatic nitrogens is 3. The fourth-order valence-electron chi connectivity index (χ4n) is 1.91. The zero-order valence-electron chi connectivity index (χ0n) is 12.5. The molecule has 0 aliphatic heterocycles. The number of ether oxygens (including phenoxy) is 1. The highest BCUT2D eigenvalue weighted by Gasteiger charge is 2.37. The van der Waals surface area contributed by atoms with Gasteiger partial charge in [-0.3, -0.25) is 4.98 Å². The largest absolute Gasteiger partial charge is 0.435 e. The van der Waals surface area contributed by atoms with Crippen LogP contribution in [0.2, 0.25) is 25.7 Å². The summed E-state index contributed by atoms with van der Waals surface area (Å²) in [7, 11) is -1.24. The molecule has 0 spiro atoms. The van der Waals surface area contributed by atoms with Gasteiger partial charge in [0.15, 0.2) is 5.69 Å². The van der Waals surface area contributed by atoms with Gasteiger partial charge >= 0.3 is 6.18 Å². The molecule has 2 aromatic rings. The van der Waals surface area contributed by atoms with Crippen LogP contribution in [0, 0.1) is 0 Å². The average Bonchev–Trinajstić information content (AvgIpc) is 2.74. The van der Waals surface area contributed by atoms with E-state index in [9.17, 15) is 13.2 Å². The smallest absolute Gasteiger partial charge is 0.360 e. The number of halogens is 4. The second-order valence-corrected chi connectivity index (χ2v) is 12.7. The fourth-order valence-corrected chi connectivity index (χ4v) is 3.17.